The van der Waals surface area contributed by atoms with Crippen molar-refractivity contribution in [1.29, 1.82) is 0 Å². The van der Waals surface area contributed by atoms with E-state index in [1.54, 1.807) is 32.2 Å². The van der Waals surface area contributed by atoms with Gasteiger partial charge in [-0.2, -0.15) is 0 Å². The van der Waals surface area contributed by atoms with E-state index in [1.807, 2.05) is 0 Å². The van der Waals surface area contributed by atoms with Crippen molar-refractivity contribution in [2.45, 2.75) is 13.5 Å². The fraction of sp³-hybridized carbons (Fsp3) is 0.231. The molecule has 0 saturated carbocycles. The minimum absolute atomic E-state index is 0.248. The van der Waals surface area contributed by atoms with Gasteiger partial charge in [0, 0.05) is 18.9 Å². The van der Waals surface area contributed by atoms with Crippen molar-refractivity contribution in [1.82, 2.24) is 9.97 Å². The number of methoxy groups -OCH3 is 1. The Labute approximate surface area is 116 Å². The highest BCUT2D eigenvalue weighted by Gasteiger charge is 2.05. The molecule has 0 bridgehead atoms. The first-order valence-electron chi connectivity index (χ1n) is 5.99. The van der Waals surface area contributed by atoms with E-state index in [-0.39, 0.29) is 12.4 Å². The van der Waals surface area contributed by atoms with Gasteiger partial charge in [-0.3, -0.25) is 0 Å². The summed E-state index contributed by atoms with van der Waals surface area (Å²) in [6, 6.07) is 6.38. The molecule has 6 nitrogen and oxygen atoms in total. The number of anilines is 3. The number of nitrogens with two attached hydrogens (primary N) is 1. The number of aromatic nitrogens is 2. The van der Waals surface area contributed by atoms with Gasteiger partial charge < -0.3 is 15.5 Å². The third-order valence-corrected chi connectivity index (χ3v) is 2.62. The Kier molecular flexibility index (Phi) is 4.44. The highest BCUT2D eigenvalue weighted by molar-refractivity contribution is 5.59. The van der Waals surface area contributed by atoms with Crippen LogP contribution in [0.5, 0.6) is 0 Å². The Balaban J connectivity index is 2.27. The van der Waals surface area contributed by atoms with Crippen LogP contribution in [0.15, 0.2) is 24.3 Å². The van der Waals surface area contributed by atoms with Gasteiger partial charge >= 0.3 is 0 Å². The van der Waals surface area contributed by atoms with Gasteiger partial charge in [0.1, 0.15) is 24.1 Å². The number of aryl methyl sites for hydroxylation is 1. The summed E-state index contributed by atoms with van der Waals surface area (Å²) in [6.45, 7) is 1.97. The highest BCUT2D eigenvalue weighted by atomic mass is 19.1. The average Bonchev–Trinajstić information content (AvgIpc) is 2.43. The van der Waals surface area contributed by atoms with Gasteiger partial charge in [0.2, 0.25) is 0 Å². The summed E-state index contributed by atoms with van der Waals surface area (Å²) >= 11 is 0. The SMILES string of the molecule is COCc1nc(NN)cc(Nc2ccc(F)c(C)c2)n1. The average molecular weight is 277 g/mol. The Bertz CT molecular complexity index is 605. The molecule has 2 rings (SSSR count). The van der Waals surface area contributed by atoms with Gasteiger partial charge in [-0.1, -0.05) is 0 Å². The van der Waals surface area contributed by atoms with Crippen LogP contribution >= 0.6 is 0 Å². The Hall–Kier alpha value is -2.25. The first-order chi connectivity index (χ1) is 9.62. The zero-order valence-corrected chi connectivity index (χ0v) is 11.3. The maximum Gasteiger partial charge on any atom is 0.158 e. The van der Waals surface area contributed by atoms with E-state index in [0.29, 0.717) is 23.0 Å². The zero-order chi connectivity index (χ0) is 14.5. The Morgan fingerprint density at radius 1 is 1.25 bits per heavy atom. The second-order valence-corrected chi connectivity index (χ2v) is 4.22. The molecule has 1 heterocycles. The van der Waals surface area contributed by atoms with Crippen LogP contribution in [0.3, 0.4) is 0 Å². The lowest BCUT2D eigenvalue weighted by Gasteiger charge is -2.10. The summed E-state index contributed by atoms with van der Waals surface area (Å²) in [6.07, 6.45) is 0. The van der Waals surface area contributed by atoms with E-state index in [9.17, 15) is 4.39 Å². The number of halogens is 1. The monoisotopic (exact) mass is 277 g/mol. The second-order valence-electron chi connectivity index (χ2n) is 4.22. The van der Waals surface area contributed by atoms with Crippen molar-refractivity contribution in [3.63, 3.8) is 0 Å². The fourth-order valence-corrected chi connectivity index (χ4v) is 1.70. The molecule has 0 aliphatic rings. The van der Waals surface area contributed by atoms with E-state index in [4.69, 9.17) is 10.6 Å². The Morgan fingerprint density at radius 2 is 2.00 bits per heavy atom. The minimum atomic E-state index is -0.248. The van der Waals surface area contributed by atoms with Crippen LogP contribution in [0.1, 0.15) is 11.4 Å². The molecule has 0 spiro atoms. The van der Waals surface area contributed by atoms with Gasteiger partial charge in [0.15, 0.2) is 5.82 Å². The standard InChI is InChI=1S/C13H16FN5O/c1-8-5-9(3-4-10(8)14)16-11-6-12(19-15)18-13(17-11)7-20-2/h3-6H,7,15H2,1-2H3,(H2,16,17,18,19). The molecule has 0 amide bonds. The largest absolute Gasteiger partial charge is 0.377 e. The van der Waals surface area contributed by atoms with Gasteiger partial charge in [-0.05, 0) is 30.7 Å². The van der Waals surface area contributed by atoms with Crippen LogP contribution in [0.2, 0.25) is 0 Å². The summed E-state index contributed by atoms with van der Waals surface area (Å²) < 4.78 is 18.2. The lowest BCUT2D eigenvalue weighted by Crippen LogP contribution is -2.11. The number of nitrogens with zero attached hydrogens (tertiary/aromatic N) is 2. The third-order valence-electron chi connectivity index (χ3n) is 2.62. The number of nitrogens with one attached hydrogen (secondary N) is 2. The molecule has 20 heavy (non-hydrogen) atoms. The number of nitrogen functional groups attached to an aromatic ring is 1. The highest BCUT2D eigenvalue weighted by Crippen LogP contribution is 2.19. The number of benzene rings is 1. The molecule has 0 saturated heterocycles. The van der Waals surface area contributed by atoms with E-state index < -0.39 is 0 Å². The summed E-state index contributed by atoms with van der Waals surface area (Å²) in [7, 11) is 1.56. The van der Waals surface area contributed by atoms with Gasteiger partial charge in [0.05, 0.1) is 0 Å². The van der Waals surface area contributed by atoms with Crippen LogP contribution in [0.4, 0.5) is 21.7 Å². The number of hydrazine groups is 1. The third kappa shape index (κ3) is 3.40. The normalized spacial score (nSPS) is 10.4. The first-order valence-corrected chi connectivity index (χ1v) is 5.99. The van der Waals surface area contributed by atoms with Crippen molar-refractivity contribution >= 4 is 17.3 Å². The van der Waals surface area contributed by atoms with E-state index in [2.05, 4.69) is 20.7 Å². The summed E-state index contributed by atoms with van der Waals surface area (Å²) in [4.78, 5) is 8.42. The van der Waals surface area contributed by atoms with Crippen LogP contribution < -0.4 is 16.6 Å². The molecule has 1 aromatic heterocycles. The molecule has 2 aromatic rings. The van der Waals surface area contributed by atoms with E-state index >= 15 is 0 Å². The predicted molar refractivity (Wildman–Crippen MR) is 75.0 cm³/mol. The molecule has 0 atom stereocenters. The topological polar surface area (TPSA) is 85.1 Å². The van der Waals surface area contributed by atoms with Crippen molar-refractivity contribution in [2.24, 2.45) is 5.84 Å². The molecular weight excluding hydrogens is 261 g/mol. The molecule has 1 aromatic carbocycles. The maximum absolute atomic E-state index is 13.2. The summed E-state index contributed by atoms with van der Waals surface area (Å²) in [5, 5.41) is 3.08. The number of rotatable bonds is 5. The zero-order valence-electron chi connectivity index (χ0n) is 11.3. The van der Waals surface area contributed by atoms with Crippen molar-refractivity contribution in [2.75, 3.05) is 17.9 Å². The van der Waals surface area contributed by atoms with Crippen molar-refractivity contribution < 1.29 is 9.13 Å². The first kappa shape index (κ1) is 14.2. The van der Waals surface area contributed by atoms with Crippen LogP contribution in [-0.2, 0) is 11.3 Å². The van der Waals surface area contributed by atoms with Crippen LogP contribution in [0.25, 0.3) is 0 Å². The van der Waals surface area contributed by atoms with Crippen LogP contribution in [-0.4, -0.2) is 17.1 Å². The molecular formula is C13H16FN5O. The summed E-state index contributed by atoms with van der Waals surface area (Å²) in [5.41, 5.74) is 3.75. The second kappa shape index (κ2) is 6.27. The number of hydrogen-bond acceptors (Lipinski definition) is 6. The summed E-state index contributed by atoms with van der Waals surface area (Å²) in [5.74, 6) is 6.62. The molecule has 0 aliphatic heterocycles. The fourth-order valence-electron chi connectivity index (χ4n) is 1.70. The lowest BCUT2D eigenvalue weighted by atomic mass is 10.2. The minimum Gasteiger partial charge on any atom is -0.377 e. The predicted octanol–water partition coefficient (Wildman–Crippen LogP) is 2.10. The number of ether oxygens (including phenoxy) is 1. The quantitative estimate of drug-likeness (QED) is 0.573. The molecule has 0 fully saturated rings. The van der Waals surface area contributed by atoms with Gasteiger partial charge in [-0.25, -0.2) is 20.2 Å². The van der Waals surface area contributed by atoms with Gasteiger partial charge in [-0.15, -0.1) is 0 Å². The molecule has 106 valence electrons. The van der Waals surface area contributed by atoms with E-state index in [1.165, 1.54) is 6.07 Å². The van der Waals surface area contributed by atoms with Crippen molar-refractivity contribution in [3.8, 4) is 0 Å². The maximum atomic E-state index is 13.2. The molecule has 0 aliphatic carbocycles. The van der Waals surface area contributed by atoms with E-state index in [0.717, 1.165) is 5.69 Å². The van der Waals surface area contributed by atoms with Crippen molar-refractivity contribution in [3.05, 3.63) is 41.5 Å². The molecule has 0 radical (unpaired) electrons. The lowest BCUT2D eigenvalue weighted by molar-refractivity contribution is 0.178. The molecule has 4 N–H and O–H groups in total. The molecule has 0 unspecified atom stereocenters. The van der Waals surface area contributed by atoms with Gasteiger partial charge in [0.25, 0.3) is 0 Å². The number of hydrogen-bond donors (Lipinski definition) is 3. The Morgan fingerprint density at radius 3 is 2.65 bits per heavy atom. The smallest absolute Gasteiger partial charge is 0.158 e. The van der Waals surface area contributed by atoms with Crippen LogP contribution in [0, 0.1) is 12.7 Å². The molecule has 7 heteroatoms.